The van der Waals surface area contributed by atoms with Crippen molar-refractivity contribution in [2.24, 2.45) is 0 Å². The van der Waals surface area contributed by atoms with E-state index in [1.165, 1.54) is 9.21 Å². The van der Waals surface area contributed by atoms with Gasteiger partial charge in [0.2, 0.25) is 10.0 Å². The van der Waals surface area contributed by atoms with Crippen molar-refractivity contribution >= 4 is 21.8 Å². The van der Waals surface area contributed by atoms with E-state index in [4.69, 9.17) is 4.74 Å². The van der Waals surface area contributed by atoms with Crippen molar-refractivity contribution < 1.29 is 26.7 Å². The van der Waals surface area contributed by atoms with Crippen LogP contribution in [-0.4, -0.2) is 37.9 Å². The number of nitrogens with zero attached hydrogens (tertiary/aromatic N) is 2. The highest BCUT2D eigenvalue weighted by molar-refractivity contribution is 7.89. The van der Waals surface area contributed by atoms with E-state index in [0.29, 0.717) is 24.0 Å². The predicted octanol–water partition coefficient (Wildman–Crippen LogP) is 4.94. The van der Waals surface area contributed by atoms with E-state index in [0.717, 1.165) is 17.7 Å². The number of sulfonamides is 1. The molecule has 9 heteroatoms. The molecule has 1 saturated heterocycles. The van der Waals surface area contributed by atoms with E-state index in [-0.39, 0.29) is 30.3 Å². The number of cyclic esters (lactones) is 1. The first-order valence-corrected chi connectivity index (χ1v) is 12.4. The zero-order valence-electron chi connectivity index (χ0n) is 18.2. The Bertz CT molecular complexity index is 1340. The third-order valence-electron chi connectivity index (χ3n) is 6.31. The number of rotatable bonds is 4. The van der Waals surface area contributed by atoms with Crippen LogP contribution in [0.2, 0.25) is 0 Å². The van der Waals surface area contributed by atoms with Crippen LogP contribution in [0.4, 0.5) is 19.3 Å². The molecule has 5 rings (SSSR count). The first kappa shape index (κ1) is 22.5. The average molecular weight is 485 g/mol. The predicted molar refractivity (Wildman–Crippen MR) is 123 cm³/mol. The second-order valence-corrected chi connectivity index (χ2v) is 10.2. The van der Waals surface area contributed by atoms with Crippen molar-refractivity contribution in [2.75, 3.05) is 18.0 Å². The monoisotopic (exact) mass is 484 g/mol. The van der Waals surface area contributed by atoms with Crippen LogP contribution in [-0.2, 0) is 21.4 Å². The van der Waals surface area contributed by atoms with Crippen LogP contribution in [0.3, 0.4) is 0 Å². The van der Waals surface area contributed by atoms with Gasteiger partial charge in [0.15, 0.2) is 11.6 Å². The summed E-state index contributed by atoms with van der Waals surface area (Å²) in [4.78, 5) is 14.1. The van der Waals surface area contributed by atoms with E-state index >= 15 is 0 Å². The fourth-order valence-electron chi connectivity index (χ4n) is 4.60. The van der Waals surface area contributed by atoms with E-state index in [1.54, 1.807) is 24.3 Å². The van der Waals surface area contributed by atoms with E-state index < -0.39 is 33.8 Å². The maximum atomic E-state index is 13.9. The van der Waals surface area contributed by atoms with Gasteiger partial charge < -0.3 is 4.74 Å². The minimum atomic E-state index is -3.79. The van der Waals surface area contributed by atoms with Crippen LogP contribution >= 0.6 is 0 Å². The van der Waals surface area contributed by atoms with Crippen molar-refractivity contribution in [1.82, 2.24) is 4.31 Å². The number of hydrogen-bond acceptors (Lipinski definition) is 4. The van der Waals surface area contributed by atoms with Crippen LogP contribution in [0.15, 0.2) is 71.6 Å². The van der Waals surface area contributed by atoms with Gasteiger partial charge in [-0.2, -0.15) is 4.31 Å². The van der Waals surface area contributed by atoms with Gasteiger partial charge in [0.25, 0.3) is 0 Å². The topological polar surface area (TPSA) is 66.9 Å². The Hall–Kier alpha value is -3.30. The second kappa shape index (κ2) is 8.81. The van der Waals surface area contributed by atoms with E-state index in [1.807, 2.05) is 30.3 Å². The molecule has 0 radical (unpaired) electrons. The summed E-state index contributed by atoms with van der Waals surface area (Å²) >= 11 is 0. The molecule has 0 aromatic heterocycles. The zero-order chi connectivity index (χ0) is 23.9. The lowest BCUT2D eigenvalue weighted by atomic mass is 10.0. The largest absolute Gasteiger partial charge is 0.444 e. The fraction of sp³-hybridized carbons (Fsp3) is 0.240. The molecule has 0 aliphatic carbocycles. The lowest BCUT2D eigenvalue weighted by molar-refractivity contribution is 0.135. The molecule has 3 aromatic carbocycles. The molecule has 34 heavy (non-hydrogen) atoms. The molecule has 0 atom stereocenters. The highest BCUT2D eigenvalue weighted by Gasteiger charge is 2.38. The maximum Gasteiger partial charge on any atom is 0.414 e. The quantitative estimate of drug-likeness (QED) is 0.526. The minimum absolute atomic E-state index is 0.134. The summed E-state index contributed by atoms with van der Waals surface area (Å²) in [6.07, 6.45) is 0.0230. The highest BCUT2D eigenvalue weighted by Crippen LogP contribution is 2.35. The van der Waals surface area contributed by atoms with Crippen molar-refractivity contribution in [3.8, 4) is 11.1 Å². The lowest BCUT2D eigenvalue weighted by Gasteiger charge is -2.39. The van der Waals surface area contributed by atoms with Crippen molar-refractivity contribution in [2.45, 2.75) is 30.4 Å². The van der Waals surface area contributed by atoms with Crippen LogP contribution in [0, 0.1) is 11.6 Å². The Morgan fingerprint density at radius 1 is 0.882 bits per heavy atom. The minimum Gasteiger partial charge on any atom is -0.444 e. The third kappa shape index (κ3) is 3.95. The van der Waals surface area contributed by atoms with Gasteiger partial charge in [-0.1, -0.05) is 48.5 Å². The molecule has 0 bridgehead atoms. The number of fused-ring (bicyclic) bond motifs is 1. The SMILES string of the molecule is O=C1OCc2cc(F)c(F)cc2N1C1CCN(S(=O)(=O)c2ccccc2-c2ccccc2)CC1. The summed E-state index contributed by atoms with van der Waals surface area (Å²) in [6.45, 7) is 0.225. The zero-order valence-corrected chi connectivity index (χ0v) is 19.0. The summed E-state index contributed by atoms with van der Waals surface area (Å²) in [5.41, 5.74) is 2.07. The number of piperidine rings is 1. The van der Waals surface area contributed by atoms with Gasteiger partial charge >= 0.3 is 6.09 Å². The highest BCUT2D eigenvalue weighted by atomic mass is 32.2. The van der Waals surface area contributed by atoms with Crippen LogP contribution < -0.4 is 4.90 Å². The summed E-state index contributed by atoms with van der Waals surface area (Å²) in [7, 11) is -3.79. The molecule has 0 unspecified atom stereocenters. The van der Waals surface area contributed by atoms with Gasteiger partial charge in [-0.05, 0) is 30.5 Å². The van der Waals surface area contributed by atoms with Crippen LogP contribution in [0.5, 0.6) is 0 Å². The molecule has 2 aliphatic rings. The molecule has 1 amide bonds. The number of halogens is 2. The third-order valence-corrected chi connectivity index (χ3v) is 8.26. The van der Waals surface area contributed by atoms with Gasteiger partial charge in [-0.25, -0.2) is 22.0 Å². The Balaban J connectivity index is 1.39. The molecule has 3 aromatic rings. The number of benzene rings is 3. The molecular weight excluding hydrogens is 462 g/mol. The van der Waals surface area contributed by atoms with Crippen LogP contribution in [0.25, 0.3) is 11.1 Å². The van der Waals surface area contributed by atoms with E-state index in [2.05, 4.69) is 0 Å². The summed E-state index contributed by atoms with van der Waals surface area (Å²) in [5.74, 6) is -2.05. The number of anilines is 1. The van der Waals surface area contributed by atoms with Gasteiger partial charge in [-0.15, -0.1) is 0 Å². The molecule has 176 valence electrons. The smallest absolute Gasteiger partial charge is 0.414 e. The number of hydrogen-bond donors (Lipinski definition) is 0. The van der Waals surface area contributed by atoms with Crippen molar-refractivity contribution in [3.05, 3.63) is 83.9 Å². The molecule has 2 aliphatic heterocycles. The Kier molecular flexibility index (Phi) is 5.83. The molecule has 0 N–H and O–H groups in total. The van der Waals surface area contributed by atoms with Gasteiger partial charge in [0.1, 0.15) is 6.61 Å². The molecule has 6 nitrogen and oxygen atoms in total. The van der Waals surface area contributed by atoms with Crippen molar-refractivity contribution in [1.29, 1.82) is 0 Å². The molecule has 0 saturated carbocycles. The normalized spacial score (nSPS) is 17.4. The number of carbonyl (C=O) groups is 1. The van der Waals surface area contributed by atoms with Crippen LogP contribution in [0.1, 0.15) is 18.4 Å². The molecule has 2 heterocycles. The number of carbonyl (C=O) groups excluding carboxylic acids is 1. The second-order valence-electron chi connectivity index (χ2n) is 8.32. The van der Waals surface area contributed by atoms with Crippen molar-refractivity contribution in [3.63, 3.8) is 0 Å². The standard InChI is InChI=1S/C25H22F2N2O4S/c26-21-14-18-16-33-25(30)29(23(18)15-22(21)27)19-10-12-28(13-11-19)34(31,32)24-9-5-4-8-20(24)17-6-2-1-3-7-17/h1-9,14-15,19H,10-13,16H2. The van der Waals surface area contributed by atoms with Gasteiger partial charge in [0.05, 0.1) is 10.6 Å². The maximum absolute atomic E-state index is 13.9. The Morgan fingerprint density at radius 2 is 1.53 bits per heavy atom. The lowest BCUT2D eigenvalue weighted by Crippen LogP contribution is -2.50. The average Bonchev–Trinajstić information content (AvgIpc) is 2.86. The Labute approximate surface area is 196 Å². The summed E-state index contributed by atoms with van der Waals surface area (Å²) in [5, 5.41) is 0. The fourth-order valence-corrected chi connectivity index (χ4v) is 6.28. The Morgan fingerprint density at radius 3 is 2.26 bits per heavy atom. The number of ether oxygens (including phenoxy) is 1. The number of amides is 1. The van der Waals surface area contributed by atoms with E-state index in [9.17, 15) is 22.0 Å². The first-order valence-electron chi connectivity index (χ1n) is 10.9. The molecular formula is C25H22F2N2O4S. The summed E-state index contributed by atoms with van der Waals surface area (Å²) in [6, 6.07) is 17.8. The summed E-state index contributed by atoms with van der Waals surface area (Å²) < 4.78 is 61.2. The van der Waals surface area contributed by atoms with Gasteiger partial charge in [-0.3, -0.25) is 4.90 Å². The molecule has 0 spiro atoms. The first-order chi connectivity index (χ1) is 16.4. The van der Waals surface area contributed by atoms with Gasteiger partial charge in [0, 0.05) is 36.3 Å². The molecule has 1 fully saturated rings.